The van der Waals surface area contributed by atoms with Gasteiger partial charge in [0.25, 0.3) is 0 Å². The van der Waals surface area contributed by atoms with Gasteiger partial charge in [-0.1, -0.05) is 18.2 Å². The molecule has 3 nitrogen and oxygen atoms in total. The molecule has 0 spiro atoms. The Hall–Kier alpha value is -2.08. The van der Waals surface area contributed by atoms with Crippen LogP contribution in [0.25, 0.3) is 10.9 Å². The van der Waals surface area contributed by atoms with E-state index >= 15 is 0 Å². The summed E-state index contributed by atoms with van der Waals surface area (Å²) in [6, 6.07) is 12.6. The number of benzene rings is 1. The molecule has 0 amide bonds. The molecule has 92 valence electrons. The highest BCUT2D eigenvalue weighted by atomic mass is 15.1. The number of hydrogen-bond donors (Lipinski definition) is 0. The van der Waals surface area contributed by atoms with Crippen LogP contribution in [0.3, 0.4) is 0 Å². The van der Waals surface area contributed by atoms with E-state index in [1.807, 2.05) is 32.2 Å². The van der Waals surface area contributed by atoms with E-state index < -0.39 is 0 Å². The lowest BCUT2D eigenvalue weighted by atomic mass is 10.1. The minimum Gasteiger partial charge on any atom is -0.370 e. The Labute approximate surface area is 108 Å². The zero-order chi connectivity index (χ0) is 13.1. The molecule has 2 rings (SSSR count). The van der Waals surface area contributed by atoms with Crippen molar-refractivity contribution in [3.63, 3.8) is 0 Å². The van der Waals surface area contributed by atoms with Crippen LogP contribution in [0.1, 0.15) is 19.0 Å². The normalized spacial score (nSPS) is 12.1. The van der Waals surface area contributed by atoms with Crippen molar-refractivity contribution in [2.75, 3.05) is 11.9 Å². The monoisotopic (exact) mass is 239 g/mol. The Kier molecular flexibility index (Phi) is 3.47. The van der Waals surface area contributed by atoms with E-state index in [1.165, 1.54) is 0 Å². The van der Waals surface area contributed by atoms with Gasteiger partial charge in [-0.15, -0.1) is 0 Å². The number of aromatic nitrogens is 1. The fourth-order valence-corrected chi connectivity index (χ4v) is 2.08. The number of nitriles is 1. The molecule has 0 radical (unpaired) electrons. The smallest absolute Gasteiger partial charge is 0.0726 e. The Morgan fingerprint density at radius 2 is 2.11 bits per heavy atom. The molecule has 1 heterocycles. The van der Waals surface area contributed by atoms with Gasteiger partial charge in [-0.05, 0) is 26.0 Å². The van der Waals surface area contributed by atoms with Gasteiger partial charge >= 0.3 is 0 Å². The van der Waals surface area contributed by atoms with Crippen LogP contribution >= 0.6 is 0 Å². The summed E-state index contributed by atoms with van der Waals surface area (Å²) in [6.45, 7) is 4.06. The highest BCUT2D eigenvalue weighted by molar-refractivity contribution is 5.91. The number of hydrogen-bond acceptors (Lipinski definition) is 3. The quantitative estimate of drug-likeness (QED) is 0.825. The molecule has 0 aliphatic rings. The van der Waals surface area contributed by atoms with Crippen molar-refractivity contribution >= 4 is 16.6 Å². The van der Waals surface area contributed by atoms with Gasteiger partial charge in [0.1, 0.15) is 0 Å². The van der Waals surface area contributed by atoms with E-state index in [-0.39, 0.29) is 6.04 Å². The molecule has 0 aliphatic heterocycles. The van der Waals surface area contributed by atoms with E-state index in [2.05, 4.69) is 35.0 Å². The molecule has 0 fully saturated rings. The molecule has 0 aliphatic carbocycles. The van der Waals surface area contributed by atoms with Gasteiger partial charge < -0.3 is 4.90 Å². The Bertz CT molecular complexity index is 598. The van der Waals surface area contributed by atoms with E-state index in [9.17, 15) is 0 Å². The maximum Gasteiger partial charge on any atom is 0.0726 e. The van der Waals surface area contributed by atoms with Crippen LogP contribution in [0.15, 0.2) is 30.3 Å². The van der Waals surface area contributed by atoms with Crippen LogP contribution in [-0.2, 0) is 0 Å². The van der Waals surface area contributed by atoms with Gasteiger partial charge in [-0.2, -0.15) is 5.26 Å². The number of rotatable bonds is 3. The summed E-state index contributed by atoms with van der Waals surface area (Å²) in [7, 11) is 2.03. The van der Waals surface area contributed by atoms with Crippen molar-refractivity contribution in [2.24, 2.45) is 0 Å². The van der Waals surface area contributed by atoms with Gasteiger partial charge in [0.05, 0.1) is 18.0 Å². The summed E-state index contributed by atoms with van der Waals surface area (Å²) < 4.78 is 0. The van der Waals surface area contributed by atoms with Crippen LogP contribution in [0, 0.1) is 18.3 Å². The Balaban J connectivity index is 2.53. The van der Waals surface area contributed by atoms with Crippen molar-refractivity contribution in [1.82, 2.24) is 4.98 Å². The highest BCUT2D eigenvalue weighted by Gasteiger charge is 2.13. The second-order valence-corrected chi connectivity index (χ2v) is 4.62. The maximum atomic E-state index is 8.81. The summed E-state index contributed by atoms with van der Waals surface area (Å²) in [6.07, 6.45) is 0.520. The molecule has 18 heavy (non-hydrogen) atoms. The lowest BCUT2D eigenvalue weighted by Crippen LogP contribution is -2.28. The average Bonchev–Trinajstić information content (AvgIpc) is 2.37. The Morgan fingerprint density at radius 1 is 1.39 bits per heavy atom. The van der Waals surface area contributed by atoms with Gasteiger partial charge in [0.2, 0.25) is 0 Å². The van der Waals surface area contributed by atoms with Crippen LogP contribution in [0.4, 0.5) is 5.69 Å². The van der Waals surface area contributed by atoms with Crippen molar-refractivity contribution < 1.29 is 0 Å². The van der Waals surface area contributed by atoms with Crippen molar-refractivity contribution in [3.05, 3.63) is 36.0 Å². The highest BCUT2D eigenvalue weighted by Crippen LogP contribution is 2.27. The number of fused-ring (bicyclic) bond motifs is 1. The molecule has 0 bridgehead atoms. The third-order valence-electron chi connectivity index (χ3n) is 3.25. The standard InChI is InChI=1S/C15H17N3/c1-11-10-15(18(3)12(2)8-9-16)13-6-4-5-7-14(13)17-11/h4-7,10,12H,8H2,1-3H3. The predicted octanol–water partition coefficient (Wildman–Crippen LogP) is 3.28. The lowest BCUT2D eigenvalue weighted by molar-refractivity contribution is 0.704. The zero-order valence-electron chi connectivity index (χ0n) is 11.0. The Morgan fingerprint density at radius 3 is 2.83 bits per heavy atom. The summed E-state index contributed by atoms with van der Waals surface area (Å²) in [5.41, 5.74) is 3.14. The van der Waals surface area contributed by atoms with E-state index in [0.29, 0.717) is 6.42 Å². The first kappa shape index (κ1) is 12.4. The minimum atomic E-state index is 0.195. The number of pyridine rings is 1. The van der Waals surface area contributed by atoms with E-state index in [4.69, 9.17) is 5.26 Å². The predicted molar refractivity (Wildman–Crippen MR) is 74.6 cm³/mol. The van der Waals surface area contributed by atoms with Crippen LogP contribution in [0.5, 0.6) is 0 Å². The summed E-state index contributed by atoms with van der Waals surface area (Å²) in [5, 5.41) is 9.95. The van der Waals surface area contributed by atoms with Gasteiger partial charge in [-0.25, -0.2) is 0 Å². The summed E-state index contributed by atoms with van der Waals surface area (Å²) >= 11 is 0. The van der Waals surface area contributed by atoms with Crippen LogP contribution in [0.2, 0.25) is 0 Å². The topological polar surface area (TPSA) is 39.9 Å². The van der Waals surface area contributed by atoms with Gasteiger partial charge in [0.15, 0.2) is 0 Å². The number of aryl methyl sites for hydroxylation is 1. The van der Waals surface area contributed by atoms with Crippen LogP contribution in [-0.4, -0.2) is 18.1 Å². The summed E-state index contributed by atoms with van der Waals surface area (Å²) in [5.74, 6) is 0. The molecular weight excluding hydrogens is 222 g/mol. The average molecular weight is 239 g/mol. The molecule has 1 aromatic heterocycles. The first-order valence-corrected chi connectivity index (χ1v) is 6.09. The van der Waals surface area contributed by atoms with Crippen molar-refractivity contribution in [3.8, 4) is 6.07 Å². The first-order valence-electron chi connectivity index (χ1n) is 6.09. The number of nitrogens with zero attached hydrogens (tertiary/aromatic N) is 3. The fourth-order valence-electron chi connectivity index (χ4n) is 2.08. The molecule has 1 unspecified atom stereocenters. The third kappa shape index (κ3) is 2.28. The SMILES string of the molecule is Cc1cc(N(C)C(C)CC#N)c2ccccc2n1. The molecule has 0 saturated heterocycles. The van der Waals surface area contributed by atoms with E-state index in [1.54, 1.807) is 0 Å². The van der Waals surface area contributed by atoms with Crippen molar-refractivity contribution in [2.45, 2.75) is 26.3 Å². The molecular formula is C15H17N3. The fraction of sp³-hybridized carbons (Fsp3) is 0.333. The number of para-hydroxylation sites is 1. The molecule has 1 aromatic carbocycles. The van der Waals surface area contributed by atoms with Crippen molar-refractivity contribution in [1.29, 1.82) is 5.26 Å². The first-order chi connectivity index (χ1) is 8.63. The van der Waals surface area contributed by atoms with Gasteiger partial charge in [0, 0.05) is 29.9 Å². The second kappa shape index (κ2) is 5.05. The zero-order valence-corrected chi connectivity index (χ0v) is 11.0. The molecule has 0 saturated carbocycles. The largest absolute Gasteiger partial charge is 0.370 e. The summed E-state index contributed by atoms with van der Waals surface area (Å²) in [4.78, 5) is 6.69. The molecule has 2 aromatic rings. The lowest BCUT2D eigenvalue weighted by Gasteiger charge is -2.26. The molecule has 0 N–H and O–H groups in total. The number of anilines is 1. The molecule has 1 atom stereocenters. The second-order valence-electron chi connectivity index (χ2n) is 4.62. The third-order valence-corrected chi connectivity index (χ3v) is 3.25. The van der Waals surface area contributed by atoms with Gasteiger partial charge in [-0.3, -0.25) is 4.98 Å². The minimum absolute atomic E-state index is 0.195. The molecule has 3 heteroatoms. The maximum absolute atomic E-state index is 8.81. The van der Waals surface area contributed by atoms with E-state index in [0.717, 1.165) is 22.3 Å². The van der Waals surface area contributed by atoms with Crippen LogP contribution < -0.4 is 4.90 Å².